The lowest BCUT2D eigenvalue weighted by Crippen LogP contribution is -2.40. The molecule has 0 bridgehead atoms. The van der Waals surface area contributed by atoms with Gasteiger partial charge in [0.05, 0.1) is 5.69 Å². The molecule has 1 aromatic rings. The van der Waals surface area contributed by atoms with Crippen LogP contribution in [0.5, 0.6) is 0 Å². The van der Waals surface area contributed by atoms with Gasteiger partial charge in [-0.1, -0.05) is 25.3 Å². The van der Waals surface area contributed by atoms with Crippen molar-refractivity contribution in [3.8, 4) is 0 Å². The molecule has 1 aliphatic heterocycles. The standard InChI is InChI=1S/C13H20ClN3OS/c1-13(2,3)11-10(19-16-15-11)12(18)17-6-4-5-9(7-14)8-17/h9H,4-8H2,1-3H3. The Morgan fingerprint density at radius 1 is 1.53 bits per heavy atom. The normalized spacial score (nSPS) is 20.6. The number of likely N-dealkylation sites (tertiary alicyclic amines) is 1. The third-order valence-electron chi connectivity index (χ3n) is 3.42. The van der Waals surface area contributed by atoms with Crippen molar-refractivity contribution in [2.45, 2.75) is 39.0 Å². The van der Waals surface area contributed by atoms with E-state index in [1.807, 2.05) is 4.90 Å². The summed E-state index contributed by atoms with van der Waals surface area (Å²) in [5, 5.41) is 4.14. The average Bonchev–Trinajstić information content (AvgIpc) is 2.87. The molecule has 106 valence electrons. The van der Waals surface area contributed by atoms with E-state index >= 15 is 0 Å². The third kappa shape index (κ3) is 3.26. The Morgan fingerprint density at radius 2 is 2.26 bits per heavy atom. The van der Waals surface area contributed by atoms with Crippen LogP contribution in [0.15, 0.2) is 0 Å². The second-order valence-electron chi connectivity index (χ2n) is 6.11. The van der Waals surface area contributed by atoms with Crippen molar-refractivity contribution in [3.05, 3.63) is 10.6 Å². The number of carbonyl (C=O) groups is 1. The van der Waals surface area contributed by atoms with Gasteiger partial charge in [-0.25, -0.2) is 0 Å². The molecule has 1 aromatic heterocycles. The topological polar surface area (TPSA) is 46.1 Å². The van der Waals surface area contributed by atoms with E-state index in [0.717, 1.165) is 31.6 Å². The Bertz CT molecular complexity index is 455. The van der Waals surface area contributed by atoms with Gasteiger partial charge < -0.3 is 4.90 Å². The number of aromatic nitrogens is 2. The van der Waals surface area contributed by atoms with E-state index in [4.69, 9.17) is 11.6 Å². The Labute approximate surface area is 123 Å². The van der Waals surface area contributed by atoms with Crippen LogP contribution in [0.2, 0.25) is 0 Å². The lowest BCUT2D eigenvalue weighted by molar-refractivity contribution is 0.0687. The van der Waals surface area contributed by atoms with Crippen LogP contribution >= 0.6 is 23.1 Å². The van der Waals surface area contributed by atoms with E-state index in [0.29, 0.717) is 16.7 Å². The molecule has 1 aliphatic rings. The highest BCUT2D eigenvalue weighted by atomic mass is 35.5. The monoisotopic (exact) mass is 301 g/mol. The molecule has 2 heterocycles. The molecule has 1 saturated heterocycles. The number of alkyl halides is 1. The van der Waals surface area contributed by atoms with Crippen LogP contribution in [-0.4, -0.2) is 39.4 Å². The van der Waals surface area contributed by atoms with Crippen LogP contribution in [0.3, 0.4) is 0 Å². The second-order valence-corrected chi connectivity index (χ2v) is 7.18. The highest BCUT2D eigenvalue weighted by molar-refractivity contribution is 7.08. The van der Waals surface area contributed by atoms with Crippen molar-refractivity contribution in [3.63, 3.8) is 0 Å². The van der Waals surface area contributed by atoms with Gasteiger partial charge in [-0.2, -0.15) is 0 Å². The van der Waals surface area contributed by atoms with Gasteiger partial charge >= 0.3 is 0 Å². The highest BCUT2D eigenvalue weighted by Gasteiger charge is 2.31. The first kappa shape index (κ1) is 14.7. The quantitative estimate of drug-likeness (QED) is 0.789. The molecule has 6 heteroatoms. The first-order valence-corrected chi connectivity index (χ1v) is 7.92. The van der Waals surface area contributed by atoms with Gasteiger partial charge in [-0.15, -0.1) is 16.7 Å². The first-order valence-electron chi connectivity index (χ1n) is 6.61. The molecule has 1 unspecified atom stereocenters. The first-order chi connectivity index (χ1) is 8.93. The van der Waals surface area contributed by atoms with E-state index in [-0.39, 0.29) is 11.3 Å². The molecule has 0 spiro atoms. The summed E-state index contributed by atoms with van der Waals surface area (Å²) in [5.74, 6) is 1.10. The zero-order chi connectivity index (χ0) is 14.0. The van der Waals surface area contributed by atoms with Crippen LogP contribution < -0.4 is 0 Å². The lowest BCUT2D eigenvalue weighted by atomic mass is 9.91. The van der Waals surface area contributed by atoms with E-state index in [1.54, 1.807) is 0 Å². The number of piperidine rings is 1. The van der Waals surface area contributed by atoms with Crippen LogP contribution in [0, 0.1) is 5.92 Å². The van der Waals surface area contributed by atoms with Crippen LogP contribution in [-0.2, 0) is 5.41 Å². The summed E-state index contributed by atoms with van der Waals surface area (Å²) in [6, 6.07) is 0. The van der Waals surface area contributed by atoms with Crippen LogP contribution in [0.25, 0.3) is 0 Å². The number of carbonyl (C=O) groups excluding carboxylic acids is 1. The van der Waals surface area contributed by atoms with Crippen molar-refractivity contribution in [1.29, 1.82) is 0 Å². The van der Waals surface area contributed by atoms with Crippen molar-refractivity contribution >= 4 is 29.0 Å². The maximum Gasteiger partial charge on any atom is 0.267 e. The van der Waals surface area contributed by atoms with Gasteiger partial charge in [0.2, 0.25) is 0 Å². The third-order valence-corrected chi connectivity index (χ3v) is 4.57. The summed E-state index contributed by atoms with van der Waals surface area (Å²) in [7, 11) is 0. The number of hydrogen-bond donors (Lipinski definition) is 0. The SMILES string of the molecule is CC(C)(C)c1nnsc1C(=O)N1CCCC(CCl)C1. The predicted molar refractivity (Wildman–Crippen MR) is 78.0 cm³/mol. The van der Waals surface area contributed by atoms with E-state index in [1.165, 1.54) is 11.5 Å². The smallest absolute Gasteiger partial charge is 0.267 e. The van der Waals surface area contributed by atoms with Crippen LogP contribution in [0.4, 0.5) is 0 Å². The molecule has 1 atom stereocenters. The predicted octanol–water partition coefficient (Wildman–Crippen LogP) is 2.93. The fourth-order valence-corrected chi connectivity index (χ4v) is 3.44. The van der Waals surface area contributed by atoms with E-state index in [9.17, 15) is 4.79 Å². The zero-order valence-corrected chi connectivity index (χ0v) is 13.2. The van der Waals surface area contributed by atoms with Crippen LogP contribution in [0.1, 0.15) is 49.0 Å². The molecule has 19 heavy (non-hydrogen) atoms. The van der Waals surface area contributed by atoms with Gasteiger partial charge in [0.25, 0.3) is 5.91 Å². The van der Waals surface area contributed by atoms with E-state index in [2.05, 4.69) is 30.4 Å². The number of rotatable bonds is 2. The average molecular weight is 302 g/mol. The van der Waals surface area contributed by atoms with Crippen molar-refractivity contribution in [1.82, 2.24) is 14.5 Å². The molecule has 0 radical (unpaired) electrons. The van der Waals surface area contributed by atoms with Gasteiger partial charge in [-0.05, 0) is 30.3 Å². The molecule has 0 aromatic carbocycles. The molecule has 0 aliphatic carbocycles. The number of hydrogen-bond acceptors (Lipinski definition) is 4. The Hall–Kier alpha value is -0.680. The maximum absolute atomic E-state index is 12.6. The molecule has 1 amide bonds. The summed E-state index contributed by atoms with van der Waals surface area (Å²) in [6.45, 7) is 7.73. The van der Waals surface area contributed by atoms with E-state index < -0.39 is 0 Å². The molecule has 4 nitrogen and oxygen atoms in total. The minimum atomic E-state index is -0.153. The number of halogens is 1. The largest absolute Gasteiger partial charge is 0.338 e. The summed E-state index contributed by atoms with van der Waals surface area (Å²) >= 11 is 7.12. The molecule has 0 saturated carbocycles. The molecular formula is C13H20ClN3OS. The van der Waals surface area contributed by atoms with Gasteiger partial charge in [-0.3, -0.25) is 4.79 Å². The molecular weight excluding hydrogens is 282 g/mol. The Kier molecular flexibility index (Phi) is 4.46. The number of nitrogens with zero attached hydrogens (tertiary/aromatic N) is 3. The molecule has 2 rings (SSSR count). The second kappa shape index (κ2) is 5.75. The summed E-state index contributed by atoms with van der Waals surface area (Å²) in [4.78, 5) is 15.2. The summed E-state index contributed by atoms with van der Waals surface area (Å²) in [6.07, 6.45) is 2.14. The minimum Gasteiger partial charge on any atom is -0.338 e. The fraction of sp³-hybridized carbons (Fsp3) is 0.769. The minimum absolute atomic E-state index is 0.0646. The summed E-state index contributed by atoms with van der Waals surface area (Å²) in [5.41, 5.74) is 0.648. The lowest BCUT2D eigenvalue weighted by Gasteiger charge is -2.32. The summed E-state index contributed by atoms with van der Waals surface area (Å²) < 4.78 is 3.96. The maximum atomic E-state index is 12.6. The Balaban J connectivity index is 2.18. The number of amides is 1. The van der Waals surface area contributed by atoms with Gasteiger partial charge in [0.1, 0.15) is 4.88 Å². The van der Waals surface area contributed by atoms with Crippen molar-refractivity contribution < 1.29 is 4.79 Å². The zero-order valence-electron chi connectivity index (χ0n) is 11.6. The van der Waals surface area contributed by atoms with Crippen molar-refractivity contribution in [2.24, 2.45) is 5.92 Å². The van der Waals surface area contributed by atoms with Gasteiger partial charge in [0.15, 0.2) is 0 Å². The fourth-order valence-electron chi connectivity index (χ4n) is 2.34. The van der Waals surface area contributed by atoms with Crippen molar-refractivity contribution in [2.75, 3.05) is 19.0 Å². The Morgan fingerprint density at radius 3 is 2.89 bits per heavy atom. The highest BCUT2D eigenvalue weighted by Crippen LogP contribution is 2.28. The molecule has 0 N–H and O–H groups in total. The molecule has 1 fully saturated rings. The van der Waals surface area contributed by atoms with Gasteiger partial charge in [0, 0.05) is 24.4 Å².